The van der Waals surface area contributed by atoms with Gasteiger partial charge in [-0.2, -0.15) is 0 Å². The highest BCUT2D eigenvalue weighted by atomic mass is 16.1. The quantitative estimate of drug-likeness (QED) is 0.817. The molecule has 0 aliphatic heterocycles. The summed E-state index contributed by atoms with van der Waals surface area (Å²) in [4.78, 5) is 15.9. The molecular formula is C13H18N4O. The second kappa shape index (κ2) is 5.64. The first-order valence-corrected chi connectivity index (χ1v) is 6.10. The van der Waals surface area contributed by atoms with E-state index in [2.05, 4.69) is 10.3 Å². The Bertz CT molecular complexity index is 500. The van der Waals surface area contributed by atoms with Gasteiger partial charge in [-0.05, 0) is 19.1 Å². The van der Waals surface area contributed by atoms with Crippen molar-refractivity contribution >= 4 is 11.6 Å². The molecule has 2 rings (SSSR count). The number of nitrogens with two attached hydrogens (primary N) is 1. The number of nitrogens with one attached hydrogen (secondary N) is 1. The van der Waals surface area contributed by atoms with Crippen molar-refractivity contribution in [2.24, 2.45) is 5.73 Å². The minimum Gasteiger partial charge on any atom is -0.356 e. The third-order valence-electron chi connectivity index (χ3n) is 2.62. The van der Waals surface area contributed by atoms with Crippen LogP contribution in [-0.4, -0.2) is 27.9 Å². The molecule has 0 aliphatic carbocycles. The van der Waals surface area contributed by atoms with E-state index >= 15 is 0 Å². The van der Waals surface area contributed by atoms with Gasteiger partial charge in [-0.25, -0.2) is 4.98 Å². The predicted octanol–water partition coefficient (Wildman–Crippen LogP) is 0.730. The smallest absolute Gasteiger partial charge is 0.221 e. The van der Waals surface area contributed by atoms with E-state index in [0.29, 0.717) is 13.0 Å². The van der Waals surface area contributed by atoms with Gasteiger partial charge in [0.2, 0.25) is 5.91 Å². The van der Waals surface area contributed by atoms with Gasteiger partial charge in [-0.3, -0.25) is 4.79 Å². The standard InChI is InChI=1S/C13H18N4O/c1-10(14)8-13(18)15-6-5-11-9-17-7-3-2-4-12(17)16-11/h2-4,7,9-10H,5-6,8,14H2,1H3,(H,15,18). The second-order valence-corrected chi connectivity index (χ2v) is 4.48. The van der Waals surface area contributed by atoms with Crippen LogP contribution in [0.3, 0.4) is 0 Å². The van der Waals surface area contributed by atoms with Crippen LogP contribution in [0.5, 0.6) is 0 Å². The lowest BCUT2D eigenvalue weighted by Gasteiger charge is -2.05. The summed E-state index contributed by atoms with van der Waals surface area (Å²) in [7, 11) is 0. The first-order chi connectivity index (χ1) is 8.65. The number of pyridine rings is 1. The van der Waals surface area contributed by atoms with E-state index in [4.69, 9.17) is 5.73 Å². The molecule has 2 aromatic heterocycles. The van der Waals surface area contributed by atoms with Gasteiger partial charge in [0, 0.05) is 37.8 Å². The van der Waals surface area contributed by atoms with Crippen molar-refractivity contribution in [1.29, 1.82) is 0 Å². The molecule has 0 aromatic carbocycles. The summed E-state index contributed by atoms with van der Waals surface area (Å²) in [6.45, 7) is 2.41. The first-order valence-electron chi connectivity index (χ1n) is 6.10. The fourth-order valence-corrected chi connectivity index (χ4v) is 1.80. The molecule has 0 saturated heterocycles. The Morgan fingerprint density at radius 1 is 1.56 bits per heavy atom. The van der Waals surface area contributed by atoms with E-state index in [1.165, 1.54) is 0 Å². The van der Waals surface area contributed by atoms with Gasteiger partial charge in [0.1, 0.15) is 5.65 Å². The van der Waals surface area contributed by atoms with Crippen LogP contribution in [0, 0.1) is 0 Å². The molecule has 18 heavy (non-hydrogen) atoms. The summed E-state index contributed by atoms with van der Waals surface area (Å²) < 4.78 is 1.97. The highest BCUT2D eigenvalue weighted by Crippen LogP contribution is 2.04. The Kier molecular flexibility index (Phi) is 3.94. The largest absolute Gasteiger partial charge is 0.356 e. The van der Waals surface area contributed by atoms with Gasteiger partial charge >= 0.3 is 0 Å². The number of fused-ring (bicyclic) bond motifs is 1. The molecule has 0 saturated carbocycles. The molecule has 0 aliphatic rings. The van der Waals surface area contributed by atoms with E-state index in [0.717, 1.165) is 17.8 Å². The van der Waals surface area contributed by atoms with Crippen LogP contribution >= 0.6 is 0 Å². The number of hydrogen-bond donors (Lipinski definition) is 2. The Hall–Kier alpha value is -1.88. The molecule has 1 amide bonds. The molecule has 2 aromatic rings. The maximum Gasteiger partial charge on any atom is 0.221 e. The summed E-state index contributed by atoms with van der Waals surface area (Å²) in [6.07, 6.45) is 5.03. The molecule has 0 fully saturated rings. The Balaban J connectivity index is 1.85. The highest BCUT2D eigenvalue weighted by molar-refractivity contribution is 5.76. The van der Waals surface area contributed by atoms with Crippen LogP contribution in [0.2, 0.25) is 0 Å². The fourth-order valence-electron chi connectivity index (χ4n) is 1.80. The SMILES string of the molecule is CC(N)CC(=O)NCCc1cn2ccccc2n1. The molecule has 0 radical (unpaired) electrons. The number of carbonyl (C=O) groups is 1. The summed E-state index contributed by atoms with van der Waals surface area (Å²) >= 11 is 0. The van der Waals surface area contributed by atoms with Crippen molar-refractivity contribution < 1.29 is 4.79 Å². The van der Waals surface area contributed by atoms with Crippen molar-refractivity contribution in [3.63, 3.8) is 0 Å². The highest BCUT2D eigenvalue weighted by Gasteiger charge is 2.05. The van der Waals surface area contributed by atoms with Crippen LogP contribution < -0.4 is 11.1 Å². The number of rotatable bonds is 5. The number of imidazole rings is 1. The van der Waals surface area contributed by atoms with Crippen LogP contribution in [-0.2, 0) is 11.2 Å². The van der Waals surface area contributed by atoms with Gasteiger partial charge in [0.05, 0.1) is 5.69 Å². The molecule has 0 spiro atoms. The zero-order chi connectivity index (χ0) is 13.0. The van der Waals surface area contributed by atoms with Crippen molar-refractivity contribution in [1.82, 2.24) is 14.7 Å². The van der Waals surface area contributed by atoms with E-state index in [1.54, 1.807) is 0 Å². The maximum absolute atomic E-state index is 11.4. The normalized spacial score (nSPS) is 12.6. The van der Waals surface area contributed by atoms with Crippen molar-refractivity contribution in [3.05, 3.63) is 36.3 Å². The third-order valence-corrected chi connectivity index (χ3v) is 2.62. The van der Waals surface area contributed by atoms with Crippen LogP contribution in [0.4, 0.5) is 0 Å². The lowest BCUT2D eigenvalue weighted by molar-refractivity contribution is -0.121. The molecule has 5 heteroatoms. The van der Waals surface area contributed by atoms with E-state index in [9.17, 15) is 4.79 Å². The van der Waals surface area contributed by atoms with E-state index < -0.39 is 0 Å². The van der Waals surface area contributed by atoms with Crippen molar-refractivity contribution in [2.45, 2.75) is 25.8 Å². The summed E-state index contributed by atoms with van der Waals surface area (Å²) in [6, 6.07) is 5.78. The topological polar surface area (TPSA) is 72.4 Å². The van der Waals surface area contributed by atoms with Crippen LogP contribution in [0.1, 0.15) is 19.0 Å². The van der Waals surface area contributed by atoms with Crippen molar-refractivity contribution in [3.8, 4) is 0 Å². The van der Waals surface area contributed by atoms with Gasteiger partial charge < -0.3 is 15.5 Å². The average Bonchev–Trinajstić information content (AvgIpc) is 2.70. The molecule has 5 nitrogen and oxygen atoms in total. The van der Waals surface area contributed by atoms with E-state index in [-0.39, 0.29) is 11.9 Å². The number of amides is 1. The van der Waals surface area contributed by atoms with E-state index in [1.807, 2.05) is 41.9 Å². The van der Waals surface area contributed by atoms with Gasteiger partial charge in [0.25, 0.3) is 0 Å². The van der Waals surface area contributed by atoms with Gasteiger partial charge in [-0.1, -0.05) is 6.07 Å². The third kappa shape index (κ3) is 3.30. The molecule has 96 valence electrons. The molecule has 0 bridgehead atoms. The van der Waals surface area contributed by atoms with Crippen LogP contribution in [0.15, 0.2) is 30.6 Å². The zero-order valence-corrected chi connectivity index (χ0v) is 10.5. The Morgan fingerprint density at radius 2 is 2.39 bits per heavy atom. The molecule has 1 atom stereocenters. The molecule has 2 heterocycles. The molecular weight excluding hydrogens is 228 g/mol. The van der Waals surface area contributed by atoms with Gasteiger partial charge in [0.15, 0.2) is 0 Å². The average molecular weight is 246 g/mol. The van der Waals surface area contributed by atoms with Crippen molar-refractivity contribution in [2.75, 3.05) is 6.54 Å². The zero-order valence-electron chi connectivity index (χ0n) is 10.5. The Labute approximate surface area is 106 Å². The Morgan fingerprint density at radius 3 is 3.11 bits per heavy atom. The predicted molar refractivity (Wildman–Crippen MR) is 70.2 cm³/mol. The number of hydrogen-bond acceptors (Lipinski definition) is 3. The summed E-state index contributed by atoms with van der Waals surface area (Å²) in [5.74, 6) is -0.00577. The van der Waals surface area contributed by atoms with Gasteiger partial charge in [-0.15, -0.1) is 0 Å². The number of aromatic nitrogens is 2. The lowest BCUT2D eigenvalue weighted by atomic mass is 10.2. The van der Waals surface area contributed by atoms with Crippen LogP contribution in [0.25, 0.3) is 5.65 Å². The summed E-state index contributed by atoms with van der Waals surface area (Å²) in [5, 5.41) is 2.84. The number of carbonyl (C=O) groups excluding carboxylic acids is 1. The first kappa shape index (κ1) is 12.6. The second-order valence-electron chi connectivity index (χ2n) is 4.48. The number of nitrogens with zero attached hydrogens (tertiary/aromatic N) is 2. The fraction of sp³-hybridized carbons (Fsp3) is 0.385. The molecule has 1 unspecified atom stereocenters. The minimum absolute atomic E-state index is 0.00577. The summed E-state index contributed by atoms with van der Waals surface area (Å²) in [5.41, 5.74) is 7.45. The lowest BCUT2D eigenvalue weighted by Crippen LogP contribution is -2.31. The minimum atomic E-state index is -0.0970. The maximum atomic E-state index is 11.4. The monoisotopic (exact) mass is 246 g/mol. The molecule has 3 N–H and O–H groups in total.